The molecule has 3 rings (SSSR count). The molecule has 2 aromatic rings. The van der Waals surface area contributed by atoms with Gasteiger partial charge in [-0.3, -0.25) is 4.90 Å². The van der Waals surface area contributed by atoms with Crippen LogP contribution in [0.2, 0.25) is 0 Å². The zero-order valence-corrected chi connectivity index (χ0v) is 17.4. The third-order valence-corrected chi connectivity index (χ3v) is 4.70. The Labute approximate surface area is 171 Å². The van der Waals surface area contributed by atoms with Crippen LogP contribution in [-0.2, 0) is 6.54 Å². The summed E-state index contributed by atoms with van der Waals surface area (Å²) in [6, 6.07) is 8.18. The maximum absolute atomic E-state index is 13.3. The molecule has 1 fully saturated rings. The number of hydrogen-bond acceptors (Lipinski definition) is 5. The maximum atomic E-state index is 13.3. The van der Waals surface area contributed by atoms with Crippen molar-refractivity contribution in [1.29, 1.82) is 0 Å². The average molecular weight is 404 g/mol. The average Bonchev–Trinajstić information content (AvgIpc) is 3.10. The van der Waals surface area contributed by atoms with Crippen molar-refractivity contribution in [2.45, 2.75) is 33.4 Å². The van der Waals surface area contributed by atoms with Crippen molar-refractivity contribution >= 4 is 5.96 Å². The van der Waals surface area contributed by atoms with E-state index in [1.165, 1.54) is 12.1 Å². The molecule has 1 aromatic carbocycles. The highest BCUT2D eigenvalue weighted by atomic mass is 19.1. The molecule has 1 N–H and O–H groups in total. The SMILES string of the molecule is CCNC(=NCC(C)Oc1cccc(F)c1)N1CCN(Cc2cc(C)on2)CC1. The Hall–Kier alpha value is -2.61. The first-order valence-electron chi connectivity index (χ1n) is 10.1. The summed E-state index contributed by atoms with van der Waals surface area (Å²) in [5, 5.41) is 7.44. The Morgan fingerprint density at radius 3 is 2.76 bits per heavy atom. The first-order chi connectivity index (χ1) is 14.0. The molecule has 1 aromatic heterocycles. The van der Waals surface area contributed by atoms with Gasteiger partial charge >= 0.3 is 0 Å². The predicted octanol–water partition coefficient (Wildman–Crippen LogP) is 2.67. The fraction of sp³-hybridized carbons (Fsp3) is 0.524. The van der Waals surface area contributed by atoms with Gasteiger partial charge in [0.15, 0.2) is 5.96 Å². The van der Waals surface area contributed by atoms with Crippen molar-refractivity contribution in [2.24, 2.45) is 4.99 Å². The van der Waals surface area contributed by atoms with E-state index in [2.05, 4.69) is 27.2 Å². The molecule has 8 heteroatoms. The molecule has 2 heterocycles. The van der Waals surface area contributed by atoms with Crippen LogP contribution < -0.4 is 10.1 Å². The quantitative estimate of drug-likeness (QED) is 0.566. The van der Waals surface area contributed by atoms with Crippen LogP contribution in [-0.4, -0.2) is 66.3 Å². The third kappa shape index (κ3) is 6.45. The van der Waals surface area contributed by atoms with E-state index in [1.807, 2.05) is 19.9 Å². The predicted molar refractivity (Wildman–Crippen MR) is 111 cm³/mol. The number of aryl methyl sites for hydroxylation is 1. The maximum Gasteiger partial charge on any atom is 0.194 e. The summed E-state index contributed by atoms with van der Waals surface area (Å²) >= 11 is 0. The number of nitrogens with zero attached hydrogens (tertiary/aromatic N) is 4. The van der Waals surface area contributed by atoms with Gasteiger partial charge in [-0.2, -0.15) is 0 Å². The molecule has 1 aliphatic heterocycles. The van der Waals surface area contributed by atoms with Gasteiger partial charge in [-0.25, -0.2) is 9.38 Å². The number of guanidine groups is 1. The lowest BCUT2D eigenvalue weighted by molar-refractivity contribution is 0.168. The smallest absolute Gasteiger partial charge is 0.194 e. The van der Waals surface area contributed by atoms with E-state index >= 15 is 0 Å². The summed E-state index contributed by atoms with van der Waals surface area (Å²) in [6.07, 6.45) is -0.151. The molecule has 0 radical (unpaired) electrons. The zero-order chi connectivity index (χ0) is 20.6. The highest BCUT2D eigenvalue weighted by molar-refractivity contribution is 5.80. The van der Waals surface area contributed by atoms with E-state index in [0.717, 1.165) is 56.7 Å². The lowest BCUT2D eigenvalue weighted by Crippen LogP contribution is -2.52. The minimum absolute atomic E-state index is 0.151. The van der Waals surface area contributed by atoms with Gasteiger partial charge in [0.2, 0.25) is 0 Å². The van der Waals surface area contributed by atoms with Crippen molar-refractivity contribution in [2.75, 3.05) is 39.3 Å². The number of rotatable bonds is 7. The Kier molecular flexibility index (Phi) is 7.46. The number of halogens is 1. The largest absolute Gasteiger partial charge is 0.489 e. The van der Waals surface area contributed by atoms with Gasteiger partial charge in [0.1, 0.15) is 23.4 Å². The molecule has 0 spiro atoms. The second-order valence-corrected chi connectivity index (χ2v) is 7.27. The van der Waals surface area contributed by atoms with Crippen molar-refractivity contribution in [3.8, 4) is 5.75 Å². The normalized spacial score (nSPS) is 16.7. The Bertz CT molecular complexity index is 802. The van der Waals surface area contributed by atoms with Gasteiger partial charge in [0.05, 0.1) is 12.2 Å². The van der Waals surface area contributed by atoms with Crippen molar-refractivity contribution in [3.63, 3.8) is 0 Å². The van der Waals surface area contributed by atoms with Crippen molar-refractivity contribution < 1.29 is 13.7 Å². The summed E-state index contributed by atoms with van der Waals surface area (Å²) in [7, 11) is 0. The summed E-state index contributed by atoms with van der Waals surface area (Å²) < 4.78 is 24.2. The topological polar surface area (TPSA) is 66.1 Å². The molecule has 7 nitrogen and oxygen atoms in total. The number of aliphatic imine (C=N–C) groups is 1. The standard InChI is InChI=1S/C21H30FN5O2/c1-4-23-21(24-14-17(3)28-20-7-5-6-18(22)13-20)27-10-8-26(9-11-27)15-19-12-16(2)29-25-19/h5-7,12-13,17H,4,8-11,14-15H2,1-3H3,(H,23,24). The van der Waals surface area contributed by atoms with Crippen LogP contribution in [0.5, 0.6) is 5.75 Å². The second kappa shape index (κ2) is 10.2. The molecule has 0 bridgehead atoms. The van der Waals surface area contributed by atoms with Crippen LogP contribution in [0, 0.1) is 12.7 Å². The second-order valence-electron chi connectivity index (χ2n) is 7.27. The molecule has 1 unspecified atom stereocenters. The minimum atomic E-state index is -0.301. The molecular weight excluding hydrogens is 373 g/mol. The molecule has 0 amide bonds. The molecule has 158 valence electrons. The lowest BCUT2D eigenvalue weighted by atomic mass is 10.3. The third-order valence-electron chi connectivity index (χ3n) is 4.70. The number of hydrogen-bond donors (Lipinski definition) is 1. The van der Waals surface area contributed by atoms with E-state index in [0.29, 0.717) is 12.3 Å². The number of nitrogens with one attached hydrogen (secondary N) is 1. The van der Waals surface area contributed by atoms with Crippen LogP contribution in [0.4, 0.5) is 4.39 Å². The molecule has 29 heavy (non-hydrogen) atoms. The van der Waals surface area contributed by atoms with Gasteiger partial charge < -0.3 is 19.5 Å². The van der Waals surface area contributed by atoms with Crippen molar-refractivity contribution in [3.05, 3.63) is 47.6 Å². The van der Waals surface area contributed by atoms with Crippen molar-refractivity contribution in [1.82, 2.24) is 20.3 Å². The lowest BCUT2D eigenvalue weighted by Gasteiger charge is -2.36. The fourth-order valence-electron chi connectivity index (χ4n) is 3.29. The summed E-state index contributed by atoms with van der Waals surface area (Å²) in [6.45, 7) is 11.7. The summed E-state index contributed by atoms with van der Waals surface area (Å²) in [4.78, 5) is 9.37. The molecule has 1 atom stereocenters. The molecular formula is C21H30FN5O2. The van der Waals surface area contributed by atoms with E-state index < -0.39 is 0 Å². The summed E-state index contributed by atoms with van der Waals surface area (Å²) in [5.41, 5.74) is 0.972. The Balaban J connectivity index is 1.51. The Morgan fingerprint density at radius 2 is 2.10 bits per heavy atom. The summed E-state index contributed by atoms with van der Waals surface area (Å²) in [5.74, 6) is 1.95. The monoisotopic (exact) mass is 403 g/mol. The zero-order valence-electron chi connectivity index (χ0n) is 17.4. The fourth-order valence-corrected chi connectivity index (χ4v) is 3.29. The van der Waals surface area contributed by atoms with Gasteiger partial charge in [-0.1, -0.05) is 11.2 Å². The highest BCUT2D eigenvalue weighted by Crippen LogP contribution is 2.14. The first kappa shape index (κ1) is 21.1. The number of piperazine rings is 1. The van der Waals surface area contributed by atoms with Crippen LogP contribution in [0.15, 0.2) is 39.8 Å². The van der Waals surface area contributed by atoms with Crippen LogP contribution in [0.25, 0.3) is 0 Å². The van der Waals surface area contributed by atoms with Crippen LogP contribution in [0.1, 0.15) is 25.3 Å². The van der Waals surface area contributed by atoms with Crippen LogP contribution in [0.3, 0.4) is 0 Å². The highest BCUT2D eigenvalue weighted by Gasteiger charge is 2.20. The molecule has 1 saturated heterocycles. The van der Waals surface area contributed by atoms with Gasteiger partial charge in [0, 0.05) is 51.4 Å². The first-order valence-corrected chi connectivity index (χ1v) is 10.1. The van der Waals surface area contributed by atoms with E-state index in [9.17, 15) is 4.39 Å². The van der Waals surface area contributed by atoms with Gasteiger partial charge in [-0.05, 0) is 32.9 Å². The Morgan fingerprint density at radius 1 is 1.31 bits per heavy atom. The minimum Gasteiger partial charge on any atom is -0.489 e. The number of ether oxygens (including phenoxy) is 1. The van der Waals surface area contributed by atoms with E-state index in [1.54, 1.807) is 12.1 Å². The molecule has 1 aliphatic rings. The molecule has 0 aliphatic carbocycles. The number of aromatic nitrogens is 1. The van der Waals surface area contributed by atoms with Gasteiger partial charge in [-0.15, -0.1) is 0 Å². The van der Waals surface area contributed by atoms with E-state index in [4.69, 9.17) is 14.3 Å². The van der Waals surface area contributed by atoms with Gasteiger partial charge in [0.25, 0.3) is 0 Å². The number of benzene rings is 1. The molecule has 0 saturated carbocycles. The van der Waals surface area contributed by atoms with E-state index in [-0.39, 0.29) is 11.9 Å². The van der Waals surface area contributed by atoms with Crippen LogP contribution >= 0.6 is 0 Å².